The molecular weight excluding hydrogens is 650 g/mol. The molecule has 2 aromatic carbocycles. The molecule has 5 aliphatic rings. The Kier molecular flexibility index (Phi) is 8.77. The van der Waals surface area contributed by atoms with Gasteiger partial charge in [-0.25, -0.2) is 4.79 Å². The van der Waals surface area contributed by atoms with Crippen molar-refractivity contribution < 1.29 is 57.1 Å². The molecule has 0 saturated carbocycles. The average Bonchev–Trinajstić information content (AvgIpc) is 3.44. The fourth-order valence-electron chi connectivity index (χ4n) is 8.62. The van der Waals surface area contributed by atoms with E-state index in [0.29, 0.717) is 23.3 Å². The van der Waals surface area contributed by atoms with E-state index < -0.39 is 72.2 Å². The second-order valence-corrected chi connectivity index (χ2v) is 13.4. The zero-order chi connectivity index (χ0) is 35.5. The molecule has 0 aromatic heterocycles. The van der Waals surface area contributed by atoms with Crippen LogP contribution in [0, 0.1) is 5.92 Å². The monoisotopic (exact) mass is 689 g/mol. The number of ether oxygens (including phenoxy) is 7. The largest absolute Gasteiger partial charge is 0.485 e. The molecule has 13 nitrogen and oxygen atoms in total. The lowest BCUT2D eigenvalue weighted by atomic mass is 9.53. The molecule has 0 amide bonds. The third-order valence-electron chi connectivity index (χ3n) is 10.6. The molecule has 3 aliphatic heterocycles. The van der Waals surface area contributed by atoms with Crippen LogP contribution in [0.5, 0.6) is 5.75 Å². The predicted octanol–water partition coefficient (Wildman–Crippen LogP) is 2.44. The molecule has 1 spiro atoms. The van der Waals surface area contributed by atoms with Gasteiger partial charge in [0.05, 0.1) is 12.7 Å². The SMILES string of the molecule is COC(=O)[C@H]1O[C@@H](O[C@H]2C=C[C@H]3[C@H]4Cc5ccc(C(=O)c6ccccc6)c6c5[C@@]3(CCN4C)[C@H]2O6)[C@H](OC(C)=O)[C@@H](OC(C)=O)[C@@H]1OC(C)=O. The smallest absolute Gasteiger partial charge is 0.339 e. The van der Waals surface area contributed by atoms with E-state index in [1.54, 1.807) is 12.1 Å². The highest BCUT2D eigenvalue weighted by Gasteiger charge is 2.65. The second-order valence-electron chi connectivity index (χ2n) is 13.4. The summed E-state index contributed by atoms with van der Waals surface area (Å²) in [5, 5.41) is 0. The van der Waals surface area contributed by atoms with Crippen molar-refractivity contribution in [2.24, 2.45) is 5.92 Å². The molecule has 3 heterocycles. The van der Waals surface area contributed by atoms with Gasteiger partial charge in [0.25, 0.3) is 0 Å². The van der Waals surface area contributed by atoms with Gasteiger partial charge in [0, 0.05) is 49.3 Å². The van der Waals surface area contributed by atoms with Crippen LogP contribution in [-0.4, -0.2) is 104 Å². The number of rotatable bonds is 8. The van der Waals surface area contributed by atoms with Crippen molar-refractivity contribution in [1.82, 2.24) is 4.90 Å². The number of nitrogens with zero attached hydrogens (tertiary/aromatic N) is 1. The Balaban J connectivity index is 1.30. The van der Waals surface area contributed by atoms with Gasteiger partial charge in [0.15, 0.2) is 30.2 Å². The molecule has 0 unspecified atom stereocenters. The summed E-state index contributed by atoms with van der Waals surface area (Å²) in [7, 11) is 3.24. The van der Waals surface area contributed by atoms with E-state index in [9.17, 15) is 24.0 Å². The summed E-state index contributed by atoms with van der Waals surface area (Å²) < 4.78 is 41.2. The highest BCUT2D eigenvalue weighted by molar-refractivity contribution is 6.11. The number of hydrogen-bond donors (Lipinski definition) is 0. The van der Waals surface area contributed by atoms with Gasteiger partial charge >= 0.3 is 23.9 Å². The Morgan fingerprint density at radius 1 is 0.860 bits per heavy atom. The van der Waals surface area contributed by atoms with Crippen LogP contribution in [-0.2, 0) is 59.4 Å². The number of hydrogen-bond acceptors (Lipinski definition) is 13. The minimum absolute atomic E-state index is 0.0310. The van der Waals surface area contributed by atoms with E-state index >= 15 is 0 Å². The van der Waals surface area contributed by atoms with Crippen molar-refractivity contribution in [1.29, 1.82) is 0 Å². The molecule has 0 N–H and O–H groups in total. The molecule has 0 radical (unpaired) electrons. The van der Waals surface area contributed by atoms with Crippen LogP contribution in [0.15, 0.2) is 54.6 Å². The number of likely N-dealkylation sites (tertiary alicyclic amines) is 1. The van der Waals surface area contributed by atoms with E-state index in [0.717, 1.165) is 52.0 Å². The normalized spacial score (nSPS) is 33.3. The van der Waals surface area contributed by atoms with Crippen LogP contribution in [0.1, 0.15) is 54.2 Å². The Bertz CT molecular complexity index is 1760. The predicted molar refractivity (Wildman–Crippen MR) is 172 cm³/mol. The first-order chi connectivity index (χ1) is 23.9. The van der Waals surface area contributed by atoms with E-state index in [1.165, 1.54) is 0 Å². The summed E-state index contributed by atoms with van der Waals surface area (Å²) in [5.41, 5.74) is 2.51. The van der Waals surface area contributed by atoms with Crippen molar-refractivity contribution >= 4 is 29.7 Å². The van der Waals surface area contributed by atoms with Crippen LogP contribution in [0.3, 0.4) is 0 Å². The summed E-state index contributed by atoms with van der Waals surface area (Å²) >= 11 is 0. The van der Waals surface area contributed by atoms with Gasteiger partial charge < -0.3 is 38.1 Å². The minimum atomic E-state index is -1.60. The molecule has 2 saturated heterocycles. The summed E-state index contributed by atoms with van der Waals surface area (Å²) in [5.74, 6) is -2.88. The molecule has 264 valence electrons. The average molecular weight is 690 g/mol. The van der Waals surface area contributed by atoms with E-state index in [4.69, 9.17) is 33.2 Å². The maximum absolute atomic E-state index is 13.9. The zero-order valence-corrected chi connectivity index (χ0v) is 28.4. The second kappa shape index (κ2) is 12.9. The first-order valence-electron chi connectivity index (χ1n) is 16.7. The van der Waals surface area contributed by atoms with Gasteiger partial charge in [0.1, 0.15) is 18.0 Å². The lowest BCUT2D eigenvalue weighted by molar-refractivity contribution is -0.313. The van der Waals surface area contributed by atoms with Crippen LogP contribution < -0.4 is 4.74 Å². The Labute approximate surface area is 288 Å². The Hall–Kier alpha value is -4.59. The first-order valence-corrected chi connectivity index (χ1v) is 16.7. The van der Waals surface area contributed by atoms with Crippen LogP contribution >= 0.6 is 0 Å². The number of benzene rings is 2. The summed E-state index contributed by atoms with van der Waals surface area (Å²) in [6, 6.07) is 13.1. The third-order valence-corrected chi connectivity index (χ3v) is 10.6. The lowest BCUT2D eigenvalue weighted by Crippen LogP contribution is -2.67. The first kappa shape index (κ1) is 33.9. The quantitative estimate of drug-likeness (QED) is 0.173. The zero-order valence-electron chi connectivity index (χ0n) is 28.4. The maximum Gasteiger partial charge on any atom is 0.339 e. The maximum atomic E-state index is 13.9. The Morgan fingerprint density at radius 3 is 2.22 bits per heavy atom. The fraction of sp³-hybridized carbons (Fsp3) is 0.486. The molecule has 2 aliphatic carbocycles. The summed E-state index contributed by atoms with van der Waals surface area (Å²) in [6.07, 6.45) is -3.62. The van der Waals surface area contributed by atoms with Crippen molar-refractivity contribution in [2.75, 3.05) is 20.7 Å². The van der Waals surface area contributed by atoms with Crippen molar-refractivity contribution in [3.8, 4) is 5.75 Å². The number of carbonyl (C=O) groups excluding carboxylic acids is 5. The van der Waals surface area contributed by atoms with Crippen LogP contribution in [0.4, 0.5) is 0 Å². The molecule has 50 heavy (non-hydrogen) atoms. The number of methoxy groups -OCH3 is 1. The van der Waals surface area contributed by atoms with E-state index in [2.05, 4.69) is 18.0 Å². The van der Waals surface area contributed by atoms with Gasteiger partial charge in [-0.1, -0.05) is 48.6 Å². The van der Waals surface area contributed by atoms with Gasteiger partial charge in [-0.05, 0) is 38.1 Å². The lowest BCUT2D eigenvalue weighted by Gasteiger charge is -2.57. The van der Waals surface area contributed by atoms with E-state index in [1.807, 2.05) is 36.4 Å². The molecule has 2 bridgehead atoms. The molecule has 10 atom stereocenters. The van der Waals surface area contributed by atoms with Gasteiger partial charge in [-0.15, -0.1) is 0 Å². The number of piperidine rings is 1. The summed E-state index contributed by atoms with van der Waals surface area (Å²) in [6.45, 7) is 4.18. The molecule has 13 heteroatoms. The highest BCUT2D eigenvalue weighted by atomic mass is 16.7. The van der Waals surface area contributed by atoms with Crippen molar-refractivity contribution in [3.63, 3.8) is 0 Å². The standard InChI is InChI=1S/C37H39NO12/c1-18(39)45-30-31(46-19(2)40)33(47-20(3)41)36(50-32(30)35(43)44-5)48-26-14-13-24-25-17-22-11-12-23(28(42)21-9-7-6-8-10-21)29-27(22)37(24,34(26)49-29)15-16-38(25)4/h6-14,24-26,30-34,36H,15-17H2,1-5H3/t24-,25+,26-,30-,31-,32-,33+,34-,36+,37-/m0/s1. The van der Waals surface area contributed by atoms with Crippen molar-refractivity contribution in [2.45, 2.75) is 88.0 Å². The summed E-state index contributed by atoms with van der Waals surface area (Å²) in [4.78, 5) is 66.3. The third kappa shape index (κ3) is 5.48. The number of ketones is 1. The molecule has 2 fully saturated rings. The molecule has 7 rings (SSSR count). The number of likely N-dealkylation sites (N-methyl/N-ethyl adjacent to an activating group) is 1. The highest BCUT2D eigenvalue weighted by Crippen LogP contribution is 2.62. The number of carbonyl (C=O) groups is 5. The molecular formula is C37H39NO12. The minimum Gasteiger partial charge on any atom is -0.485 e. The van der Waals surface area contributed by atoms with Gasteiger partial charge in [0.2, 0.25) is 6.29 Å². The van der Waals surface area contributed by atoms with E-state index in [-0.39, 0.29) is 17.7 Å². The van der Waals surface area contributed by atoms with Crippen molar-refractivity contribution in [3.05, 3.63) is 76.9 Å². The Morgan fingerprint density at radius 2 is 1.54 bits per heavy atom. The topological polar surface area (TPSA) is 153 Å². The number of esters is 4. The van der Waals surface area contributed by atoms with Gasteiger partial charge in [-0.3, -0.25) is 19.2 Å². The van der Waals surface area contributed by atoms with Gasteiger partial charge in [-0.2, -0.15) is 0 Å². The molecule has 2 aromatic rings. The van der Waals surface area contributed by atoms with Crippen LogP contribution in [0.2, 0.25) is 0 Å². The van der Waals surface area contributed by atoms with Crippen LogP contribution in [0.25, 0.3) is 0 Å². The fourth-order valence-corrected chi connectivity index (χ4v) is 8.62.